The molecule has 2 rings (SSSR count). The zero-order chi connectivity index (χ0) is 10.8. The van der Waals surface area contributed by atoms with Crippen LogP contribution in [0.4, 0.5) is 0 Å². The van der Waals surface area contributed by atoms with Crippen LogP contribution in [0.2, 0.25) is 0 Å². The van der Waals surface area contributed by atoms with Crippen molar-refractivity contribution in [3.63, 3.8) is 0 Å². The number of aryl methyl sites for hydroxylation is 2. The highest BCUT2D eigenvalue weighted by Crippen LogP contribution is 2.35. The van der Waals surface area contributed by atoms with Crippen LogP contribution in [-0.4, -0.2) is 4.98 Å². The van der Waals surface area contributed by atoms with E-state index in [9.17, 15) is 0 Å². The molecule has 0 aromatic carbocycles. The first kappa shape index (κ1) is 10.6. The van der Waals surface area contributed by atoms with E-state index < -0.39 is 0 Å². The quantitative estimate of drug-likeness (QED) is 0.819. The van der Waals surface area contributed by atoms with Gasteiger partial charge in [-0.05, 0) is 50.3 Å². The van der Waals surface area contributed by atoms with Crippen LogP contribution in [0.5, 0.6) is 0 Å². The predicted molar refractivity (Wildman–Crippen MR) is 62.6 cm³/mol. The van der Waals surface area contributed by atoms with E-state index in [2.05, 4.69) is 17.1 Å². The topological polar surface area (TPSA) is 38.9 Å². The average molecular weight is 204 g/mol. The molecule has 1 atom stereocenters. The third kappa shape index (κ3) is 3.03. The SMILES string of the molecule is Cc1cc(C(N)CCC2CC2)cc(C)n1. The Morgan fingerprint density at radius 2 is 1.93 bits per heavy atom. The van der Waals surface area contributed by atoms with E-state index in [1.54, 1.807) is 0 Å². The molecule has 82 valence electrons. The van der Waals surface area contributed by atoms with E-state index in [4.69, 9.17) is 5.73 Å². The molecule has 1 fully saturated rings. The molecular formula is C13H20N2. The summed E-state index contributed by atoms with van der Waals surface area (Å²) in [6, 6.07) is 4.43. The first-order valence-corrected chi connectivity index (χ1v) is 5.86. The Hall–Kier alpha value is -0.890. The number of hydrogen-bond acceptors (Lipinski definition) is 2. The maximum absolute atomic E-state index is 6.18. The average Bonchev–Trinajstić information content (AvgIpc) is 2.96. The Balaban J connectivity index is 1.99. The molecule has 1 unspecified atom stereocenters. The highest BCUT2D eigenvalue weighted by atomic mass is 14.7. The van der Waals surface area contributed by atoms with Crippen molar-refractivity contribution in [3.8, 4) is 0 Å². The lowest BCUT2D eigenvalue weighted by Crippen LogP contribution is -2.11. The molecule has 1 saturated carbocycles. The van der Waals surface area contributed by atoms with Crippen LogP contribution < -0.4 is 5.73 Å². The second-order valence-corrected chi connectivity index (χ2v) is 4.81. The van der Waals surface area contributed by atoms with Gasteiger partial charge < -0.3 is 5.73 Å². The second kappa shape index (κ2) is 4.31. The van der Waals surface area contributed by atoms with E-state index in [0.29, 0.717) is 0 Å². The summed E-state index contributed by atoms with van der Waals surface area (Å²) in [6.45, 7) is 4.06. The minimum absolute atomic E-state index is 0.200. The van der Waals surface area contributed by atoms with Crippen LogP contribution >= 0.6 is 0 Å². The largest absolute Gasteiger partial charge is 0.324 e. The van der Waals surface area contributed by atoms with Gasteiger partial charge in [0.1, 0.15) is 0 Å². The molecular weight excluding hydrogens is 184 g/mol. The summed E-state index contributed by atoms with van der Waals surface area (Å²) in [4.78, 5) is 4.37. The highest BCUT2D eigenvalue weighted by molar-refractivity contribution is 5.23. The Labute approximate surface area is 91.9 Å². The number of pyridine rings is 1. The molecule has 0 bridgehead atoms. The fraction of sp³-hybridized carbons (Fsp3) is 0.615. The van der Waals surface area contributed by atoms with Crippen LogP contribution in [0.3, 0.4) is 0 Å². The van der Waals surface area contributed by atoms with Crippen molar-refractivity contribution in [3.05, 3.63) is 29.1 Å². The van der Waals surface area contributed by atoms with Crippen molar-refractivity contribution >= 4 is 0 Å². The lowest BCUT2D eigenvalue weighted by molar-refractivity contribution is 0.574. The van der Waals surface area contributed by atoms with E-state index in [-0.39, 0.29) is 6.04 Å². The lowest BCUT2D eigenvalue weighted by atomic mass is 10.0. The van der Waals surface area contributed by atoms with Crippen LogP contribution in [0, 0.1) is 19.8 Å². The van der Waals surface area contributed by atoms with Gasteiger partial charge in [0.2, 0.25) is 0 Å². The number of hydrogen-bond donors (Lipinski definition) is 1. The maximum Gasteiger partial charge on any atom is 0.0379 e. The lowest BCUT2D eigenvalue weighted by Gasteiger charge is -2.12. The van der Waals surface area contributed by atoms with Gasteiger partial charge in [0, 0.05) is 17.4 Å². The van der Waals surface area contributed by atoms with E-state index >= 15 is 0 Å². The maximum atomic E-state index is 6.18. The molecule has 1 heterocycles. The molecule has 15 heavy (non-hydrogen) atoms. The Bertz CT molecular complexity index is 322. The van der Waals surface area contributed by atoms with E-state index in [1.807, 2.05) is 13.8 Å². The van der Waals surface area contributed by atoms with Gasteiger partial charge in [0.25, 0.3) is 0 Å². The van der Waals surface area contributed by atoms with Gasteiger partial charge >= 0.3 is 0 Å². The van der Waals surface area contributed by atoms with Crippen LogP contribution in [0.25, 0.3) is 0 Å². The third-order valence-electron chi connectivity index (χ3n) is 3.11. The van der Waals surface area contributed by atoms with Crippen LogP contribution in [0.15, 0.2) is 12.1 Å². The van der Waals surface area contributed by atoms with Crippen molar-refractivity contribution in [1.82, 2.24) is 4.98 Å². The van der Waals surface area contributed by atoms with Gasteiger partial charge in [0.05, 0.1) is 0 Å². The van der Waals surface area contributed by atoms with Crippen molar-refractivity contribution in [2.45, 2.75) is 45.6 Å². The molecule has 2 N–H and O–H groups in total. The summed E-state index contributed by atoms with van der Waals surface area (Å²) in [6.07, 6.45) is 5.25. The Morgan fingerprint density at radius 3 is 2.47 bits per heavy atom. The van der Waals surface area contributed by atoms with E-state index in [0.717, 1.165) is 23.7 Å². The zero-order valence-electron chi connectivity index (χ0n) is 9.66. The third-order valence-corrected chi connectivity index (χ3v) is 3.11. The van der Waals surface area contributed by atoms with Gasteiger partial charge in [-0.15, -0.1) is 0 Å². The molecule has 1 aliphatic carbocycles. The number of rotatable bonds is 4. The zero-order valence-corrected chi connectivity index (χ0v) is 9.66. The van der Waals surface area contributed by atoms with Gasteiger partial charge in [0.15, 0.2) is 0 Å². The highest BCUT2D eigenvalue weighted by Gasteiger charge is 2.22. The molecule has 0 aliphatic heterocycles. The van der Waals surface area contributed by atoms with Gasteiger partial charge in [-0.3, -0.25) is 4.98 Å². The monoisotopic (exact) mass is 204 g/mol. The number of nitrogens with zero attached hydrogens (tertiary/aromatic N) is 1. The summed E-state index contributed by atoms with van der Waals surface area (Å²) in [5.74, 6) is 0.972. The first-order chi connectivity index (χ1) is 7.15. The Kier molecular flexibility index (Phi) is 3.06. The molecule has 1 aromatic rings. The number of nitrogens with two attached hydrogens (primary N) is 1. The first-order valence-electron chi connectivity index (χ1n) is 5.86. The number of aromatic nitrogens is 1. The fourth-order valence-electron chi connectivity index (χ4n) is 2.07. The molecule has 1 aromatic heterocycles. The van der Waals surface area contributed by atoms with Crippen molar-refractivity contribution in [2.75, 3.05) is 0 Å². The van der Waals surface area contributed by atoms with Gasteiger partial charge in [-0.2, -0.15) is 0 Å². The Morgan fingerprint density at radius 1 is 1.33 bits per heavy atom. The molecule has 2 heteroatoms. The molecule has 0 radical (unpaired) electrons. The molecule has 2 nitrogen and oxygen atoms in total. The minimum atomic E-state index is 0.200. The van der Waals surface area contributed by atoms with Crippen LogP contribution in [0.1, 0.15) is 48.7 Å². The molecule has 0 amide bonds. The summed E-state index contributed by atoms with van der Waals surface area (Å²) >= 11 is 0. The normalized spacial score (nSPS) is 17.8. The smallest absolute Gasteiger partial charge is 0.0379 e. The van der Waals surface area contributed by atoms with Gasteiger partial charge in [-0.25, -0.2) is 0 Å². The van der Waals surface area contributed by atoms with Crippen molar-refractivity contribution in [2.24, 2.45) is 11.7 Å². The summed E-state index contributed by atoms with van der Waals surface area (Å²) in [5.41, 5.74) is 9.58. The summed E-state index contributed by atoms with van der Waals surface area (Å²) < 4.78 is 0. The molecule has 0 spiro atoms. The van der Waals surface area contributed by atoms with E-state index in [1.165, 1.54) is 24.8 Å². The van der Waals surface area contributed by atoms with Crippen molar-refractivity contribution < 1.29 is 0 Å². The fourth-order valence-corrected chi connectivity index (χ4v) is 2.07. The van der Waals surface area contributed by atoms with Gasteiger partial charge in [-0.1, -0.05) is 12.8 Å². The molecule has 1 aliphatic rings. The summed E-state index contributed by atoms with van der Waals surface area (Å²) in [7, 11) is 0. The van der Waals surface area contributed by atoms with Crippen LogP contribution in [-0.2, 0) is 0 Å². The molecule has 0 saturated heterocycles. The predicted octanol–water partition coefficient (Wildman–Crippen LogP) is 2.89. The standard InChI is InChI=1S/C13H20N2/c1-9-7-12(8-10(2)15-9)13(14)6-5-11-3-4-11/h7-8,11,13H,3-6,14H2,1-2H3. The summed E-state index contributed by atoms with van der Waals surface area (Å²) in [5, 5.41) is 0. The minimum Gasteiger partial charge on any atom is -0.324 e. The van der Waals surface area contributed by atoms with Crippen molar-refractivity contribution in [1.29, 1.82) is 0 Å². The second-order valence-electron chi connectivity index (χ2n) is 4.81.